The third-order valence-corrected chi connectivity index (χ3v) is 7.43. The summed E-state index contributed by atoms with van der Waals surface area (Å²) in [6.45, 7) is 4.23. The third kappa shape index (κ3) is 5.07. The minimum atomic E-state index is -3.66. The molecule has 0 atom stereocenters. The fraction of sp³-hybridized carbons (Fsp3) is 0.316. The van der Waals surface area contributed by atoms with Crippen LogP contribution in [-0.4, -0.2) is 41.9 Å². The van der Waals surface area contributed by atoms with Crippen molar-refractivity contribution in [2.75, 3.05) is 18.4 Å². The van der Waals surface area contributed by atoms with Crippen molar-refractivity contribution in [3.63, 3.8) is 0 Å². The first kappa shape index (κ1) is 22.4. The maximum Gasteiger partial charge on any atom is 0.243 e. The second kappa shape index (κ2) is 9.69. The first-order valence-electron chi connectivity index (χ1n) is 9.29. The highest BCUT2D eigenvalue weighted by molar-refractivity contribution is 7.89. The Hall–Kier alpha value is -2.27. The molecule has 3 rings (SSSR count). The number of aromatic nitrogens is 2. The maximum absolute atomic E-state index is 12.7. The van der Waals surface area contributed by atoms with Crippen LogP contribution < -0.4 is 5.32 Å². The lowest BCUT2D eigenvalue weighted by molar-refractivity contribution is -0.116. The van der Waals surface area contributed by atoms with E-state index in [1.54, 1.807) is 13.8 Å². The SMILES string of the molecule is CCN(CC)S(=O)(=O)c1ccc(Cl)c(NC(=O)CCc2nc(-c3ccsc3)no2)c1. The minimum Gasteiger partial charge on any atom is -0.339 e. The number of hydrogen-bond donors (Lipinski definition) is 1. The van der Waals surface area contributed by atoms with Crippen LogP contribution in [0.1, 0.15) is 26.2 Å². The number of aryl methyl sites for hydroxylation is 1. The summed E-state index contributed by atoms with van der Waals surface area (Å²) in [5.74, 6) is 0.476. The van der Waals surface area contributed by atoms with E-state index in [1.165, 1.54) is 33.8 Å². The predicted molar refractivity (Wildman–Crippen MR) is 116 cm³/mol. The lowest BCUT2D eigenvalue weighted by Gasteiger charge is -2.19. The summed E-state index contributed by atoms with van der Waals surface area (Å²) in [4.78, 5) is 16.7. The van der Waals surface area contributed by atoms with Gasteiger partial charge in [0.25, 0.3) is 0 Å². The van der Waals surface area contributed by atoms with E-state index in [9.17, 15) is 13.2 Å². The fourth-order valence-electron chi connectivity index (χ4n) is 2.77. The zero-order valence-electron chi connectivity index (χ0n) is 16.5. The monoisotopic (exact) mass is 468 g/mol. The Bertz CT molecular complexity index is 1110. The van der Waals surface area contributed by atoms with Crippen LogP contribution in [0.5, 0.6) is 0 Å². The van der Waals surface area contributed by atoms with Crippen LogP contribution in [0.2, 0.25) is 5.02 Å². The number of nitrogens with zero attached hydrogens (tertiary/aromatic N) is 3. The van der Waals surface area contributed by atoms with Gasteiger partial charge in [0, 0.05) is 36.9 Å². The molecule has 160 valence electrons. The van der Waals surface area contributed by atoms with Gasteiger partial charge in [-0.05, 0) is 29.6 Å². The van der Waals surface area contributed by atoms with E-state index in [0.29, 0.717) is 24.8 Å². The van der Waals surface area contributed by atoms with Crippen molar-refractivity contribution in [3.05, 3.63) is 45.9 Å². The van der Waals surface area contributed by atoms with Crippen LogP contribution >= 0.6 is 22.9 Å². The number of thiophene rings is 1. The molecule has 0 radical (unpaired) electrons. The van der Waals surface area contributed by atoms with Gasteiger partial charge in [-0.1, -0.05) is 30.6 Å². The van der Waals surface area contributed by atoms with Crippen LogP contribution in [0, 0.1) is 0 Å². The number of carbonyl (C=O) groups is 1. The number of benzene rings is 1. The summed E-state index contributed by atoms with van der Waals surface area (Å²) in [5, 5.41) is 10.6. The number of sulfonamides is 1. The molecule has 3 aromatic rings. The van der Waals surface area contributed by atoms with Gasteiger partial charge < -0.3 is 9.84 Å². The highest BCUT2D eigenvalue weighted by Gasteiger charge is 2.23. The minimum absolute atomic E-state index is 0.0724. The number of amides is 1. The number of carbonyl (C=O) groups excluding carboxylic acids is 1. The van der Waals surface area contributed by atoms with Gasteiger partial charge in [0.15, 0.2) is 0 Å². The van der Waals surface area contributed by atoms with Gasteiger partial charge in [-0.15, -0.1) is 0 Å². The first-order chi connectivity index (χ1) is 14.3. The summed E-state index contributed by atoms with van der Waals surface area (Å²) in [6, 6.07) is 6.14. The standard InChI is InChI=1S/C19H21ClN4O4S2/c1-3-24(4-2)30(26,27)14-5-6-15(20)16(11-14)21-17(25)7-8-18-22-19(23-28-18)13-9-10-29-12-13/h5-6,9-12H,3-4,7-8H2,1-2H3,(H,21,25). The van der Waals surface area contributed by atoms with Gasteiger partial charge in [-0.25, -0.2) is 8.42 Å². The smallest absolute Gasteiger partial charge is 0.243 e. The molecule has 11 heteroatoms. The van der Waals surface area contributed by atoms with Crippen LogP contribution in [0.15, 0.2) is 44.4 Å². The highest BCUT2D eigenvalue weighted by Crippen LogP contribution is 2.27. The summed E-state index contributed by atoms with van der Waals surface area (Å²) < 4.78 is 31.9. The van der Waals surface area contributed by atoms with Crippen LogP contribution in [-0.2, 0) is 21.2 Å². The summed E-state index contributed by atoms with van der Waals surface area (Å²) in [5.41, 5.74) is 1.09. The van der Waals surface area contributed by atoms with Crippen molar-refractivity contribution in [2.45, 2.75) is 31.6 Å². The van der Waals surface area contributed by atoms with Gasteiger partial charge in [-0.2, -0.15) is 20.6 Å². The van der Waals surface area contributed by atoms with Gasteiger partial charge in [-0.3, -0.25) is 4.79 Å². The second-order valence-corrected chi connectivity index (χ2v) is 9.43. The van der Waals surface area contributed by atoms with Crippen molar-refractivity contribution >= 4 is 44.6 Å². The number of nitrogens with one attached hydrogen (secondary N) is 1. The van der Waals surface area contributed by atoms with E-state index < -0.39 is 10.0 Å². The average molecular weight is 469 g/mol. The van der Waals surface area contributed by atoms with Crippen molar-refractivity contribution in [1.29, 1.82) is 0 Å². The van der Waals surface area contributed by atoms with Crippen LogP contribution in [0.25, 0.3) is 11.4 Å². The average Bonchev–Trinajstić information content (AvgIpc) is 3.40. The summed E-state index contributed by atoms with van der Waals surface area (Å²) in [6.07, 6.45) is 0.326. The Morgan fingerprint density at radius 1 is 1.27 bits per heavy atom. The zero-order chi connectivity index (χ0) is 21.7. The van der Waals surface area contributed by atoms with Crippen molar-refractivity contribution in [3.8, 4) is 11.4 Å². The van der Waals surface area contributed by atoms with Crippen LogP contribution in [0.3, 0.4) is 0 Å². The van der Waals surface area contributed by atoms with E-state index in [0.717, 1.165) is 5.56 Å². The third-order valence-electron chi connectivity index (χ3n) is 4.37. The molecule has 1 aromatic carbocycles. The molecule has 0 aliphatic rings. The van der Waals surface area contributed by atoms with Crippen molar-refractivity contribution in [2.24, 2.45) is 0 Å². The molecule has 0 bridgehead atoms. The molecule has 1 amide bonds. The fourth-order valence-corrected chi connectivity index (χ4v) is 5.06. The Balaban J connectivity index is 1.66. The second-order valence-electron chi connectivity index (χ2n) is 6.30. The number of rotatable bonds is 9. The van der Waals surface area contributed by atoms with Gasteiger partial charge in [0.05, 0.1) is 15.6 Å². The Kier molecular flexibility index (Phi) is 7.24. The molecule has 0 saturated carbocycles. The molecule has 0 aliphatic carbocycles. The molecule has 1 N–H and O–H groups in total. The molecule has 0 spiro atoms. The number of halogens is 1. The lowest BCUT2D eigenvalue weighted by Crippen LogP contribution is -2.30. The molecule has 0 unspecified atom stereocenters. The lowest BCUT2D eigenvalue weighted by atomic mass is 10.2. The predicted octanol–water partition coefficient (Wildman–Crippen LogP) is 4.05. The topological polar surface area (TPSA) is 105 Å². The molecule has 0 fully saturated rings. The normalized spacial score (nSPS) is 11.7. The molecule has 2 heterocycles. The van der Waals surface area contributed by atoms with Crippen LogP contribution in [0.4, 0.5) is 5.69 Å². The highest BCUT2D eigenvalue weighted by atomic mass is 35.5. The first-order valence-corrected chi connectivity index (χ1v) is 12.1. The Morgan fingerprint density at radius 2 is 2.03 bits per heavy atom. The zero-order valence-corrected chi connectivity index (χ0v) is 18.9. The summed E-state index contributed by atoms with van der Waals surface area (Å²) in [7, 11) is -3.66. The molecule has 2 aromatic heterocycles. The molecule has 30 heavy (non-hydrogen) atoms. The molecule has 0 saturated heterocycles. The summed E-state index contributed by atoms with van der Waals surface area (Å²) >= 11 is 7.68. The maximum atomic E-state index is 12.7. The number of anilines is 1. The molecular weight excluding hydrogens is 448 g/mol. The van der Waals surface area contributed by atoms with Gasteiger partial charge in [0.2, 0.25) is 27.6 Å². The molecule has 0 aliphatic heterocycles. The largest absolute Gasteiger partial charge is 0.339 e. The van der Waals surface area contributed by atoms with Crippen molar-refractivity contribution < 1.29 is 17.7 Å². The quantitative estimate of drug-likeness (QED) is 0.507. The number of hydrogen-bond acceptors (Lipinski definition) is 7. The van der Waals surface area contributed by atoms with Gasteiger partial charge >= 0.3 is 0 Å². The van der Waals surface area contributed by atoms with E-state index in [-0.39, 0.29) is 34.4 Å². The molecule has 8 nitrogen and oxygen atoms in total. The van der Waals surface area contributed by atoms with E-state index in [1.807, 2.05) is 16.8 Å². The van der Waals surface area contributed by atoms with E-state index >= 15 is 0 Å². The van der Waals surface area contributed by atoms with E-state index in [2.05, 4.69) is 15.5 Å². The van der Waals surface area contributed by atoms with E-state index in [4.69, 9.17) is 16.1 Å². The van der Waals surface area contributed by atoms with Gasteiger partial charge in [0.1, 0.15) is 0 Å². The molecular formula is C19H21ClN4O4S2. The Morgan fingerprint density at radius 3 is 2.70 bits per heavy atom. The Labute approximate surface area is 183 Å². The van der Waals surface area contributed by atoms with Crippen molar-refractivity contribution in [1.82, 2.24) is 14.4 Å².